The fourth-order valence-corrected chi connectivity index (χ4v) is 1.93. The highest BCUT2D eigenvalue weighted by Gasteiger charge is 2.26. The summed E-state index contributed by atoms with van der Waals surface area (Å²) in [6, 6.07) is 7.52. The molecule has 0 spiro atoms. The predicted molar refractivity (Wildman–Crippen MR) is 83.7 cm³/mol. The number of nitrogens with one attached hydrogen (secondary N) is 1. The third kappa shape index (κ3) is 5.49. The molecule has 5 heteroatoms. The summed E-state index contributed by atoms with van der Waals surface area (Å²) in [7, 11) is 0. The van der Waals surface area contributed by atoms with Gasteiger partial charge in [0.2, 0.25) is 5.91 Å². The number of carbonyl (C=O) groups is 1. The fourth-order valence-electron chi connectivity index (χ4n) is 1.93. The third-order valence-electron chi connectivity index (χ3n) is 3.20. The van der Waals surface area contributed by atoms with Crippen LogP contribution in [0.15, 0.2) is 24.3 Å². The summed E-state index contributed by atoms with van der Waals surface area (Å²) in [4.78, 5) is 11.9. The van der Waals surface area contributed by atoms with E-state index in [9.17, 15) is 9.90 Å². The second kappa shape index (κ2) is 8.25. The van der Waals surface area contributed by atoms with Gasteiger partial charge in [0, 0.05) is 6.54 Å². The van der Waals surface area contributed by atoms with Crippen LogP contribution in [-0.4, -0.2) is 16.6 Å². The van der Waals surface area contributed by atoms with E-state index in [-0.39, 0.29) is 18.3 Å². The molecule has 1 amide bonds. The average Bonchev–Trinajstić information content (AvgIpc) is 2.36. The summed E-state index contributed by atoms with van der Waals surface area (Å²) in [6.07, 6.45) is 1.07. The van der Waals surface area contributed by atoms with Crippen LogP contribution >= 0.6 is 12.4 Å². The molecule has 0 aromatic heterocycles. The zero-order valence-electron chi connectivity index (χ0n) is 12.3. The van der Waals surface area contributed by atoms with Crippen LogP contribution in [0.5, 0.6) is 0 Å². The van der Waals surface area contributed by atoms with Crippen molar-refractivity contribution in [3.8, 4) is 0 Å². The molecule has 2 unspecified atom stereocenters. The van der Waals surface area contributed by atoms with Gasteiger partial charge in [-0.25, -0.2) is 0 Å². The maximum absolute atomic E-state index is 11.9. The number of halogens is 1. The Morgan fingerprint density at radius 1 is 1.40 bits per heavy atom. The Kier molecular flexibility index (Phi) is 7.79. The van der Waals surface area contributed by atoms with E-state index in [0.29, 0.717) is 13.0 Å². The Bertz CT molecular complexity index is 416. The normalized spacial score (nSPS) is 14.8. The minimum atomic E-state index is -0.811. The molecule has 0 radical (unpaired) electrons. The zero-order valence-corrected chi connectivity index (χ0v) is 13.2. The lowest BCUT2D eigenvalue weighted by Gasteiger charge is -2.22. The maximum atomic E-state index is 11.9. The van der Waals surface area contributed by atoms with Crippen molar-refractivity contribution in [1.29, 1.82) is 0 Å². The molecule has 1 rings (SSSR count). The topological polar surface area (TPSA) is 75.4 Å². The zero-order chi connectivity index (χ0) is 14.5. The Morgan fingerprint density at radius 2 is 1.95 bits per heavy atom. The quantitative estimate of drug-likeness (QED) is 0.754. The predicted octanol–water partition coefficient (Wildman–Crippen LogP) is 2.30. The largest absolute Gasteiger partial charge is 0.389 e. The molecule has 0 aliphatic carbocycles. The molecule has 1 aromatic carbocycles. The van der Waals surface area contributed by atoms with E-state index in [1.807, 2.05) is 31.2 Å². The standard InChI is InChI=1S/C15H24N2O2.ClH/c1-4-9-15(3,16)14(19)17-10-12-5-7-13(8-6-12)11(2)18;/h5-8,11,18H,4,9-10,16H2,1-3H3,(H,17,19);1H. The molecular weight excluding hydrogens is 276 g/mol. The van der Waals surface area contributed by atoms with Crippen molar-refractivity contribution in [2.75, 3.05) is 0 Å². The summed E-state index contributed by atoms with van der Waals surface area (Å²) in [5.41, 5.74) is 7.00. The Balaban J connectivity index is 0.00000361. The molecule has 0 aliphatic heterocycles. The molecule has 2 atom stereocenters. The summed E-state index contributed by atoms with van der Waals surface area (Å²) in [5, 5.41) is 12.3. The molecule has 0 saturated heterocycles. The number of amides is 1. The minimum Gasteiger partial charge on any atom is -0.389 e. The second-order valence-corrected chi connectivity index (χ2v) is 5.27. The third-order valence-corrected chi connectivity index (χ3v) is 3.20. The molecule has 0 heterocycles. The first kappa shape index (κ1) is 18.9. The first-order valence-corrected chi connectivity index (χ1v) is 6.71. The van der Waals surface area contributed by atoms with Crippen LogP contribution in [0.2, 0.25) is 0 Å². The summed E-state index contributed by atoms with van der Waals surface area (Å²) < 4.78 is 0. The van der Waals surface area contributed by atoms with Gasteiger partial charge in [-0.05, 0) is 31.4 Å². The Hall–Kier alpha value is -1.10. The summed E-state index contributed by atoms with van der Waals surface area (Å²) in [6.45, 7) is 5.94. The maximum Gasteiger partial charge on any atom is 0.240 e. The summed E-state index contributed by atoms with van der Waals surface area (Å²) >= 11 is 0. The van der Waals surface area contributed by atoms with E-state index in [0.717, 1.165) is 17.5 Å². The van der Waals surface area contributed by atoms with Crippen LogP contribution in [0.1, 0.15) is 50.8 Å². The molecule has 0 saturated carbocycles. The van der Waals surface area contributed by atoms with Gasteiger partial charge < -0.3 is 16.2 Å². The number of benzene rings is 1. The van der Waals surface area contributed by atoms with E-state index in [2.05, 4.69) is 5.32 Å². The van der Waals surface area contributed by atoms with Crippen LogP contribution in [0.25, 0.3) is 0 Å². The highest BCUT2D eigenvalue weighted by Crippen LogP contribution is 2.13. The van der Waals surface area contributed by atoms with E-state index >= 15 is 0 Å². The van der Waals surface area contributed by atoms with Crippen molar-refractivity contribution in [3.63, 3.8) is 0 Å². The van der Waals surface area contributed by atoms with Crippen molar-refractivity contribution in [2.45, 2.75) is 51.8 Å². The second-order valence-electron chi connectivity index (χ2n) is 5.27. The number of hydrogen-bond donors (Lipinski definition) is 3. The van der Waals surface area contributed by atoms with Crippen molar-refractivity contribution in [3.05, 3.63) is 35.4 Å². The van der Waals surface area contributed by atoms with E-state index in [4.69, 9.17) is 5.73 Å². The lowest BCUT2D eigenvalue weighted by Crippen LogP contribution is -2.51. The van der Waals surface area contributed by atoms with Gasteiger partial charge in [0.05, 0.1) is 11.6 Å². The molecule has 0 aliphatic rings. The van der Waals surface area contributed by atoms with E-state index < -0.39 is 11.6 Å². The minimum absolute atomic E-state index is 0. The molecule has 20 heavy (non-hydrogen) atoms. The van der Waals surface area contributed by atoms with Crippen LogP contribution in [0.4, 0.5) is 0 Å². The fraction of sp³-hybridized carbons (Fsp3) is 0.533. The molecule has 1 aromatic rings. The average molecular weight is 301 g/mol. The highest BCUT2D eigenvalue weighted by molar-refractivity contribution is 5.85. The van der Waals surface area contributed by atoms with Crippen molar-refractivity contribution < 1.29 is 9.90 Å². The molecule has 0 fully saturated rings. The monoisotopic (exact) mass is 300 g/mol. The van der Waals surface area contributed by atoms with Crippen LogP contribution in [0.3, 0.4) is 0 Å². The van der Waals surface area contributed by atoms with Gasteiger partial charge in [-0.15, -0.1) is 12.4 Å². The van der Waals surface area contributed by atoms with Gasteiger partial charge in [0.25, 0.3) is 0 Å². The number of nitrogens with two attached hydrogens (primary N) is 1. The molecule has 114 valence electrons. The van der Waals surface area contributed by atoms with Gasteiger partial charge in [-0.1, -0.05) is 37.6 Å². The number of aliphatic hydroxyl groups is 1. The van der Waals surface area contributed by atoms with E-state index in [1.54, 1.807) is 13.8 Å². The first-order chi connectivity index (χ1) is 8.86. The van der Waals surface area contributed by atoms with Crippen LogP contribution in [0, 0.1) is 0 Å². The number of carbonyl (C=O) groups excluding carboxylic acids is 1. The van der Waals surface area contributed by atoms with Crippen molar-refractivity contribution in [1.82, 2.24) is 5.32 Å². The van der Waals surface area contributed by atoms with Gasteiger partial charge >= 0.3 is 0 Å². The molecule has 0 bridgehead atoms. The molecule has 4 nitrogen and oxygen atoms in total. The SMILES string of the molecule is CCCC(C)(N)C(=O)NCc1ccc(C(C)O)cc1.Cl. The van der Waals surface area contributed by atoms with Gasteiger partial charge in [0.1, 0.15) is 0 Å². The number of aliphatic hydroxyl groups excluding tert-OH is 1. The molecular formula is C15H25ClN2O2. The van der Waals surface area contributed by atoms with Gasteiger partial charge in [-0.3, -0.25) is 4.79 Å². The van der Waals surface area contributed by atoms with E-state index in [1.165, 1.54) is 0 Å². The summed E-state index contributed by atoms with van der Waals surface area (Å²) in [5.74, 6) is -0.131. The van der Waals surface area contributed by atoms with Gasteiger partial charge in [-0.2, -0.15) is 0 Å². The van der Waals surface area contributed by atoms with Crippen LogP contribution < -0.4 is 11.1 Å². The smallest absolute Gasteiger partial charge is 0.240 e. The number of rotatable bonds is 6. The lowest BCUT2D eigenvalue weighted by atomic mass is 9.96. The van der Waals surface area contributed by atoms with Crippen LogP contribution in [-0.2, 0) is 11.3 Å². The van der Waals surface area contributed by atoms with Gasteiger partial charge in [0.15, 0.2) is 0 Å². The van der Waals surface area contributed by atoms with Crippen molar-refractivity contribution >= 4 is 18.3 Å². The first-order valence-electron chi connectivity index (χ1n) is 6.71. The number of hydrogen-bond acceptors (Lipinski definition) is 3. The lowest BCUT2D eigenvalue weighted by molar-refractivity contribution is -0.126. The Labute approximate surface area is 127 Å². The Morgan fingerprint density at radius 3 is 2.40 bits per heavy atom. The molecule has 4 N–H and O–H groups in total. The highest BCUT2D eigenvalue weighted by atomic mass is 35.5. The van der Waals surface area contributed by atoms with Crippen molar-refractivity contribution in [2.24, 2.45) is 5.73 Å².